The van der Waals surface area contributed by atoms with Gasteiger partial charge in [0.2, 0.25) is 0 Å². The first-order chi connectivity index (χ1) is 9.11. The van der Waals surface area contributed by atoms with Crippen LogP contribution in [-0.2, 0) is 9.53 Å². The number of aliphatic hydroxyl groups excluding tert-OH is 1. The molecule has 1 N–H and O–H groups in total. The summed E-state index contributed by atoms with van der Waals surface area (Å²) in [6, 6.07) is 3.76. The van der Waals surface area contributed by atoms with Crippen molar-refractivity contribution in [1.29, 1.82) is 0 Å². The van der Waals surface area contributed by atoms with Crippen LogP contribution in [0.4, 0.5) is 4.39 Å². The zero-order valence-corrected chi connectivity index (χ0v) is 10.8. The highest BCUT2D eigenvalue weighted by Crippen LogP contribution is 2.31. The van der Waals surface area contributed by atoms with Crippen molar-refractivity contribution in [2.45, 2.75) is 25.4 Å². The average molecular weight is 268 g/mol. The lowest BCUT2D eigenvalue weighted by Gasteiger charge is -2.26. The van der Waals surface area contributed by atoms with Gasteiger partial charge < -0.3 is 14.6 Å². The molecule has 1 aliphatic rings. The quantitative estimate of drug-likeness (QED) is 0.832. The Morgan fingerprint density at radius 1 is 1.53 bits per heavy atom. The van der Waals surface area contributed by atoms with Gasteiger partial charge in [0.1, 0.15) is 11.6 Å². The molecule has 4 nitrogen and oxygen atoms in total. The van der Waals surface area contributed by atoms with Gasteiger partial charge in [-0.15, -0.1) is 0 Å². The summed E-state index contributed by atoms with van der Waals surface area (Å²) in [7, 11) is 1.17. The third kappa shape index (κ3) is 3.23. The Hall–Kier alpha value is -1.62. The molecule has 0 amide bonds. The van der Waals surface area contributed by atoms with Gasteiger partial charge in [-0.25, -0.2) is 9.18 Å². The molecule has 0 saturated heterocycles. The Labute approximate surface area is 111 Å². The van der Waals surface area contributed by atoms with E-state index in [-0.39, 0.29) is 5.56 Å². The van der Waals surface area contributed by atoms with Gasteiger partial charge in [-0.1, -0.05) is 6.42 Å². The lowest BCUT2D eigenvalue weighted by atomic mass is 9.86. The summed E-state index contributed by atoms with van der Waals surface area (Å²) in [5.74, 6) is -0.535. The number of methoxy groups -OCH3 is 1. The molecule has 1 aliphatic carbocycles. The maximum Gasteiger partial charge on any atom is 0.339 e. The van der Waals surface area contributed by atoms with Crippen LogP contribution in [0.5, 0.6) is 5.75 Å². The van der Waals surface area contributed by atoms with E-state index >= 15 is 0 Å². The molecule has 1 atom stereocenters. The summed E-state index contributed by atoms with van der Waals surface area (Å²) in [6.45, 7) is 0.520. The van der Waals surface area contributed by atoms with Crippen molar-refractivity contribution in [3.63, 3.8) is 0 Å². The van der Waals surface area contributed by atoms with E-state index in [2.05, 4.69) is 4.74 Å². The number of halogens is 1. The van der Waals surface area contributed by atoms with Gasteiger partial charge in [-0.05, 0) is 37.0 Å². The van der Waals surface area contributed by atoms with Crippen molar-refractivity contribution in [2.24, 2.45) is 5.92 Å². The van der Waals surface area contributed by atoms with E-state index in [1.165, 1.54) is 25.7 Å². The average Bonchev–Trinajstić information content (AvgIpc) is 2.36. The first-order valence-electron chi connectivity index (χ1n) is 6.30. The summed E-state index contributed by atoms with van der Waals surface area (Å²) in [5, 5.41) is 9.81. The van der Waals surface area contributed by atoms with Crippen LogP contribution in [0.15, 0.2) is 18.2 Å². The summed E-state index contributed by atoms with van der Waals surface area (Å²) in [4.78, 5) is 11.3. The highest BCUT2D eigenvalue weighted by molar-refractivity contribution is 5.77. The standard InChI is InChI=1S/C14H17FO4/c1-18-14(17)13(16)11-7-10(15)5-6-12(11)19-8-9-3-2-4-9/h5-7,9,13,16H,2-4,8H2,1H3. The molecule has 19 heavy (non-hydrogen) atoms. The minimum Gasteiger partial charge on any atom is -0.493 e. The van der Waals surface area contributed by atoms with Gasteiger partial charge in [-0.3, -0.25) is 0 Å². The Kier molecular flexibility index (Phi) is 4.37. The van der Waals surface area contributed by atoms with Gasteiger partial charge >= 0.3 is 5.97 Å². The summed E-state index contributed by atoms with van der Waals surface area (Å²) < 4.78 is 23.3. The van der Waals surface area contributed by atoms with Crippen LogP contribution in [0.3, 0.4) is 0 Å². The molecule has 5 heteroatoms. The lowest BCUT2D eigenvalue weighted by molar-refractivity contribution is -0.150. The molecule has 1 unspecified atom stereocenters. The van der Waals surface area contributed by atoms with Crippen LogP contribution in [0.1, 0.15) is 30.9 Å². The Bertz CT molecular complexity index is 457. The van der Waals surface area contributed by atoms with Crippen LogP contribution in [0, 0.1) is 11.7 Å². The van der Waals surface area contributed by atoms with Gasteiger partial charge in [0.05, 0.1) is 13.7 Å². The van der Waals surface area contributed by atoms with Gasteiger partial charge in [0.25, 0.3) is 0 Å². The van der Waals surface area contributed by atoms with Crippen molar-refractivity contribution in [1.82, 2.24) is 0 Å². The van der Waals surface area contributed by atoms with Crippen LogP contribution in [-0.4, -0.2) is 24.8 Å². The van der Waals surface area contributed by atoms with Crippen molar-refractivity contribution in [3.05, 3.63) is 29.6 Å². The summed E-state index contributed by atoms with van der Waals surface area (Å²) in [6.07, 6.45) is 1.92. The minimum atomic E-state index is -1.53. The molecule has 0 radical (unpaired) electrons. The van der Waals surface area contributed by atoms with E-state index in [1.807, 2.05) is 0 Å². The second kappa shape index (κ2) is 6.02. The lowest BCUT2D eigenvalue weighted by Crippen LogP contribution is -2.21. The van der Waals surface area contributed by atoms with E-state index in [9.17, 15) is 14.3 Å². The molecule has 1 aromatic carbocycles. The molecule has 2 rings (SSSR count). The second-order valence-electron chi connectivity index (χ2n) is 4.72. The molecule has 1 aromatic rings. The zero-order chi connectivity index (χ0) is 13.8. The fraction of sp³-hybridized carbons (Fsp3) is 0.500. The van der Waals surface area contributed by atoms with Crippen LogP contribution < -0.4 is 4.74 Å². The van der Waals surface area contributed by atoms with Gasteiger partial charge in [-0.2, -0.15) is 0 Å². The number of ether oxygens (including phenoxy) is 2. The van der Waals surface area contributed by atoms with E-state index < -0.39 is 17.9 Å². The Morgan fingerprint density at radius 3 is 2.84 bits per heavy atom. The van der Waals surface area contributed by atoms with E-state index in [1.54, 1.807) is 0 Å². The Morgan fingerprint density at radius 2 is 2.26 bits per heavy atom. The van der Waals surface area contributed by atoms with Crippen LogP contribution >= 0.6 is 0 Å². The van der Waals surface area contributed by atoms with Crippen molar-refractivity contribution < 1.29 is 23.8 Å². The van der Waals surface area contributed by atoms with Crippen molar-refractivity contribution in [3.8, 4) is 5.75 Å². The fourth-order valence-corrected chi connectivity index (χ4v) is 1.97. The second-order valence-corrected chi connectivity index (χ2v) is 4.72. The SMILES string of the molecule is COC(=O)C(O)c1cc(F)ccc1OCC1CCC1. The molecule has 104 valence electrons. The molecule has 0 bridgehead atoms. The number of hydrogen-bond donors (Lipinski definition) is 1. The van der Waals surface area contributed by atoms with Crippen molar-refractivity contribution in [2.75, 3.05) is 13.7 Å². The van der Waals surface area contributed by atoms with E-state index in [0.29, 0.717) is 18.3 Å². The normalized spacial score (nSPS) is 16.6. The minimum absolute atomic E-state index is 0.103. The largest absolute Gasteiger partial charge is 0.493 e. The molecular formula is C14H17FO4. The monoisotopic (exact) mass is 268 g/mol. The topological polar surface area (TPSA) is 55.8 Å². The number of hydrogen-bond acceptors (Lipinski definition) is 4. The molecule has 0 aliphatic heterocycles. The van der Waals surface area contributed by atoms with E-state index in [4.69, 9.17) is 4.74 Å². The fourth-order valence-electron chi connectivity index (χ4n) is 1.97. The highest BCUT2D eigenvalue weighted by Gasteiger charge is 2.24. The van der Waals surface area contributed by atoms with Gasteiger partial charge in [0.15, 0.2) is 6.10 Å². The summed E-state index contributed by atoms with van der Waals surface area (Å²) in [5.41, 5.74) is 0.103. The number of esters is 1. The number of rotatable bonds is 5. The third-order valence-corrected chi connectivity index (χ3v) is 3.39. The van der Waals surface area contributed by atoms with Crippen molar-refractivity contribution >= 4 is 5.97 Å². The predicted molar refractivity (Wildman–Crippen MR) is 66.2 cm³/mol. The molecule has 1 saturated carbocycles. The molecule has 0 aromatic heterocycles. The third-order valence-electron chi connectivity index (χ3n) is 3.39. The Balaban J connectivity index is 2.13. The molecule has 0 spiro atoms. The highest BCUT2D eigenvalue weighted by atomic mass is 19.1. The molecular weight excluding hydrogens is 251 g/mol. The predicted octanol–water partition coefficient (Wildman–Crippen LogP) is 2.21. The van der Waals surface area contributed by atoms with Gasteiger partial charge in [0, 0.05) is 5.56 Å². The smallest absolute Gasteiger partial charge is 0.339 e. The van der Waals surface area contributed by atoms with Crippen LogP contribution in [0.2, 0.25) is 0 Å². The first kappa shape index (κ1) is 13.8. The summed E-state index contributed by atoms with van der Waals surface area (Å²) >= 11 is 0. The number of carbonyl (C=O) groups is 1. The number of benzene rings is 1. The van der Waals surface area contributed by atoms with Crippen LogP contribution in [0.25, 0.3) is 0 Å². The first-order valence-corrected chi connectivity index (χ1v) is 6.30. The zero-order valence-electron chi connectivity index (χ0n) is 10.8. The number of carbonyl (C=O) groups excluding carboxylic acids is 1. The maximum atomic E-state index is 13.2. The van der Waals surface area contributed by atoms with E-state index in [0.717, 1.165) is 18.9 Å². The molecule has 1 fully saturated rings. The maximum absolute atomic E-state index is 13.2. The number of aliphatic hydroxyl groups is 1. The molecule has 0 heterocycles.